The van der Waals surface area contributed by atoms with E-state index in [2.05, 4.69) is 15.1 Å². The minimum absolute atomic E-state index is 0.0413. The molecule has 214 valence electrons. The van der Waals surface area contributed by atoms with Crippen molar-refractivity contribution in [1.82, 2.24) is 19.6 Å². The number of aromatic nitrogens is 3. The molecule has 1 aliphatic rings. The van der Waals surface area contributed by atoms with Crippen LogP contribution in [0.25, 0.3) is 0 Å². The van der Waals surface area contributed by atoms with Crippen molar-refractivity contribution in [3.05, 3.63) is 75.2 Å². The van der Waals surface area contributed by atoms with Gasteiger partial charge in [0.2, 0.25) is 5.95 Å². The van der Waals surface area contributed by atoms with Crippen LogP contribution < -0.4 is 21.0 Å². The van der Waals surface area contributed by atoms with Gasteiger partial charge in [-0.3, -0.25) is 24.0 Å². The van der Waals surface area contributed by atoms with Crippen molar-refractivity contribution >= 4 is 37.3 Å². The molecule has 1 fully saturated rings. The van der Waals surface area contributed by atoms with E-state index in [1.807, 2.05) is 0 Å². The summed E-state index contributed by atoms with van der Waals surface area (Å²) in [5.74, 6) is -1.32. The lowest BCUT2D eigenvalue weighted by molar-refractivity contribution is -0.402. The summed E-state index contributed by atoms with van der Waals surface area (Å²) in [5.41, 5.74) is 4.81. The van der Waals surface area contributed by atoms with Crippen LogP contribution in [-0.4, -0.2) is 54.5 Å². The van der Waals surface area contributed by atoms with Crippen LogP contribution in [0.4, 0.5) is 11.8 Å². The van der Waals surface area contributed by atoms with Crippen LogP contribution in [0.15, 0.2) is 58.0 Å². The third-order valence-corrected chi connectivity index (χ3v) is 8.70. The first-order valence-electron chi connectivity index (χ1n) is 11.7. The highest BCUT2D eigenvalue weighted by Crippen LogP contribution is 2.48. The lowest BCUT2D eigenvalue weighted by Gasteiger charge is -2.24. The van der Waals surface area contributed by atoms with Gasteiger partial charge in [0, 0.05) is 6.42 Å². The van der Waals surface area contributed by atoms with Gasteiger partial charge in [-0.25, -0.2) is 14.3 Å². The number of furan rings is 1. The molecule has 18 heteroatoms. The first kappa shape index (κ1) is 29.2. The van der Waals surface area contributed by atoms with E-state index in [9.17, 15) is 29.4 Å². The molecular formula is C22H25N6O10PS. The first-order chi connectivity index (χ1) is 19.0. The Bertz CT molecular complexity index is 1450. The Morgan fingerprint density at radius 3 is 2.80 bits per heavy atom. The van der Waals surface area contributed by atoms with Crippen molar-refractivity contribution in [2.24, 2.45) is 0 Å². The number of nitrogen functional groups attached to an aromatic ring is 1. The first-order valence-corrected chi connectivity index (χ1v) is 14.2. The second kappa shape index (κ2) is 12.6. The SMILES string of the molecule is C[C@H](N[P@](=O)(OC[C@H]1S[C@@H](n2cnc(N)nc2=O)C[C@H]1O)Oc1ccccc1)C(=O)OCc1ccc([N+](=O)[O-])o1. The molecule has 3 heterocycles. The zero-order valence-corrected chi connectivity index (χ0v) is 22.6. The number of aliphatic hydroxyl groups excluding tert-OH is 1. The number of nitrogens with zero attached hydrogens (tertiary/aromatic N) is 4. The molecule has 4 N–H and O–H groups in total. The largest absolute Gasteiger partial charge is 0.459 e. The average molecular weight is 597 g/mol. The van der Waals surface area contributed by atoms with Crippen LogP contribution in [0, 0.1) is 10.1 Å². The quantitative estimate of drug-likeness (QED) is 0.118. The molecule has 4 rings (SSSR count). The summed E-state index contributed by atoms with van der Waals surface area (Å²) < 4.78 is 36.2. The Morgan fingerprint density at radius 2 is 2.12 bits per heavy atom. The fourth-order valence-electron chi connectivity index (χ4n) is 3.57. The maximum Gasteiger partial charge on any atom is 0.459 e. The van der Waals surface area contributed by atoms with E-state index in [0.717, 1.165) is 6.07 Å². The third kappa shape index (κ3) is 7.45. The van der Waals surface area contributed by atoms with E-state index in [1.165, 1.54) is 47.8 Å². The van der Waals surface area contributed by atoms with E-state index < -0.39 is 59.6 Å². The molecule has 0 spiro atoms. The zero-order valence-electron chi connectivity index (χ0n) is 20.9. The predicted molar refractivity (Wildman–Crippen MR) is 140 cm³/mol. The highest BCUT2D eigenvalue weighted by molar-refractivity contribution is 8.00. The van der Waals surface area contributed by atoms with Crippen molar-refractivity contribution in [3.8, 4) is 5.75 Å². The summed E-state index contributed by atoms with van der Waals surface area (Å²) in [5, 5.41) is 22.7. The molecule has 40 heavy (non-hydrogen) atoms. The van der Waals surface area contributed by atoms with E-state index in [0.29, 0.717) is 0 Å². The van der Waals surface area contributed by atoms with E-state index in [-0.39, 0.29) is 30.5 Å². The average Bonchev–Trinajstić information content (AvgIpc) is 3.53. The number of carbonyl (C=O) groups excluding carboxylic acids is 1. The normalized spacial score (nSPS) is 20.9. The molecule has 1 saturated heterocycles. The predicted octanol–water partition coefficient (Wildman–Crippen LogP) is 2.01. The fourth-order valence-corrected chi connectivity index (χ4v) is 6.61. The molecular weight excluding hydrogens is 571 g/mol. The number of esters is 1. The van der Waals surface area contributed by atoms with Gasteiger partial charge in [0.1, 0.15) is 35.4 Å². The number of hydrogen-bond acceptors (Lipinski definition) is 14. The van der Waals surface area contributed by atoms with Crippen molar-refractivity contribution in [1.29, 1.82) is 0 Å². The fraction of sp³-hybridized carbons (Fsp3) is 0.364. The summed E-state index contributed by atoms with van der Waals surface area (Å²) >= 11 is 1.19. The van der Waals surface area contributed by atoms with E-state index in [4.69, 9.17) is 23.9 Å². The number of thioether (sulfide) groups is 1. The van der Waals surface area contributed by atoms with Gasteiger partial charge in [-0.2, -0.15) is 10.1 Å². The van der Waals surface area contributed by atoms with Crippen LogP contribution in [0.1, 0.15) is 24.5 Å². The Labute approximate surface area is 230 Å². The maximum atomic E-state index is 13.7. The zero-order chi connectivity index (χ0) is 28.9. The Hall–Kier alpha value is -3.76. The topological polar surface area (TPSA) is 224 Å². The van der Waals surface area contributed by atoms with Crippen LogP contribution >= 0.6 is 19.5 Å². The van der Waals surface area contributed by atoms with Gasteiger partial charge < -0.3 is 24.5 Å². The maximum absolute atomic E-state index is 13.7. The highest BCUT2D eigenvalue weighted by atomic mass is 32.2. The van der Waals surface area contributed by atoms with Crippen molar-refractivity contribution in [2.75, 3.05) is 12.3 Å². The number of hydrogen-bond donors (Lipinski definition) is 3. The summed E-state index contributed by atoms with van der Waals surface area (Å²) in [6.45, 7) is 0.686. The van der Waals surface area contributed by atoms with Gasteiger partial charge in [0.15, 0.2) is 0 Å². The van der Waals surface area contributed by atoms with Gasteiger partial charge in [-0.15, -0.1) is 11.8 Å². The molecule has 2 aromatic heterocycles. The number of rotatable bonds is 12. The number of nitro groups is 1. The lowest BCUT2D eigenvalue weighted by Crippen LogP contribution is -2.36. The van der Waals surface area contributed by atoms with Crippen LogP contribution in [0.5, 0.6) is 5.75 Å². The number of para-hydroxylation sites is 1. The van der Waals surface area contributed by atoms with Crippen molar-refractivity contribution in [2.45, 2.75) is 42.7 Å². The molecule has 0 amide bonds. The molecule has 0 bridgehead atoms. The molecule has 0 aliphatic carbocycles. The van der Waals surface area contributed by atoms with Gasteiger partial charge in [0.25, 0.3) is 0 Å². The number of nitrogens with two attached hydrogens (primary N) is 1. The van der Waals surface area contributed by atoms with Crippen molar-refractivity contribution in [3.63, 3.8) is 0 Å². The molecule has 0 saturated carbocycles. The number of nitrogens with one attached hydrogen (secondary N) is 1. The molecule has 5 atom stereocenters. The Balaban J connectivity index is 1.41. The monoisotopic (exact) mass is 596 g/mol. The molecule has 1 aromatic carbocycles. The molecule has 3 aromatic rings. The van der Waals surface area contributed by atoms with E-state index >= 15 is 0 Å². The molecule has 16 nitrogen and oxygen atoms in total. The Morgan fingerprint density at radius 1 is 1.38 bits per heavy atom. The number of benzene rings is 1. The van der Waals surface area contributed by atoms with Gasteiger partial charge >= 0.3 is 25.3 Å². The minimum Gasteiger partial charge on any atom is -0.456 e. The lowest BCUT2D eigenvalue weighted by atomic mass is 10.2. The summed E-state index contributed by atoms with van der Waals surface area (Å²) in [6, 6.07) is 9.29. The van der Waals surface area contributed by atoms with Crippen molar-refractivity contribution < 1.29 is 37.6 Å². The second-order valence-corrected chi connectivity index (χ2v) is 11.6. The summed E-state index contributed by atoms with van der Waals surface area (Å²) in [4.78, 5) is 42.2. The van der Waals surface area contributed by atoms with Gasteiger partial charge in [-0.05, 0) is 25.1 Å². The molecule has 0 radical (unpaired) electrons. The smallest absolute Gasteiger partial charge is 0.456 e. The molecule has 1 aliphatic heterocycles. The van der Waals surface area contributed by atoms with Crippen LogP contribution in [0.3, 0.4) is 0 Å². The molecule has 0 unspecified atom stereocenters. The number of carbonyl (C=O) groups is 1. The van der Waals surface area contributed by atoms with Gasteiger partial charge in [-0.1, -0.05) is 18.2 Å². The van der Waals surface area contributed by atoms with Gasteiger partial charge in [0.05, 0.1) is 29.4 Å². The second-order valence-electron chi connectivity index (χ2n) is 8.49. The standard InChI is InChI=1S/C22H25N6O10PS/c1-13(20(30)35-10-15-7-8-18(37-15)28(32)33)26-39(34,38-14-5-3-2-4-6-14)36-11-17-16(29)9-19(40-17)27-12-24-21(23)25-22(27)31/h2-8,12-13,16-17,19,29H,9-11H2,1H3,(H,26,34)(H2,23,25,31)/t13-,16+,17+,19+,39-/m0/s1. The summed E-state index contributed by atoms with van der Waals surface area (Å²) in [6.07, 6.45) is 0.457. The Kier molecular flexibility index (Phi) is 9.21. The number of aliphatic hydroxyl groups is 1. The number of anilines is 1. The van der Waals surface area contributed by atoms with Crippen LogP contribution in [-0.2, 0) is 25.2 Å². The summed E-state index contributed by atoms with van der Waals surface area (Å²) in [7, 11) is -4.24. The van der Waals surface area contributed by atoms with E-state index in [1.54, 1.807) is 18.2 Å². The third-order valence-electron chi connectivity index (χ3n) is 5.53. The number of ether oxygens (including phenoxy) is 1. The highest BCUT2D eigenvalue weighted by Gasteiger charge is 2.39. The minimum atomic E-state index is -4.24. The van der Waals surface area contributed by atoms with Crippen LogP contribution in [0.2, 0.25) is 0 Å².